The number of aromatic nitrogens is 2. The molecule has 1 N–H and O–H groups in total. The average molecular weight is 320 g/mol. The summed E-state index contributed by atoms with van der Waals surface area (Å²) in [6, 6.07) is 9.66. The van der Waals surface area contributed by atoms with Crippen molar-refractivity contribution in [1.29, 1.82) is 0 Å². The highest BCUT2D eigenvalue weighted by Gasteiger charge is 2.08. The van der Waals surface area contributed by atoms with Crippen molar-refractivity contribution in [2.45, 2.75) is 13.2 Å². The Morgan fingerprint density at radius 1 is 1.19 bits per heavy atom. The highest BCUT2D eigenvalue weighted by molar-refractivity contribution is 7.16. The lowest BCUT2D eigenvalue weighted by Crippen LogP contribution is -2.03. The number of fused-ring (bicyclic) bond motifs is 1. The summed E-state index contributed by atoms with van der Waals surface area (Å²) in [5.74, 6) is 1.50. The first-order valence-corrected chi connectivity index (χ1v) is 7.76. The number of nitrogens with zero attached hydrogens (tertiary/aromatic N) is 2. The van der Waals surface area contributed by atoms with E-state index >= 15 is 0 Å². The number of hydrogen-bond donors (Lipinski definition) is 1. The molecule has 2 heterocycles. The average Bonchev–Trinajstić information content (AvgIpc) is 2.97. The normalized spacial score (nSPS) is 11.0. The van der Waals surface area contributed by atoms with E-state index in [1.54, 1.807) is 11.3 Å². The first-order chi connectivity index (χ1) is 10.3. The van der Waals surface area contributed by atoms with Gasteiger partial charge in [-0.15, -0.1) is 11.3 Å². The highest BCUT2D eigenvalue weighted by atomic mass is 35.5. The molecule has 0 aliphatic heterocycles. The van der Waals surface area contributed by atoms with Gasteiger partial charge in [0, 0.05) is 12.1 Å². The summed E-state index contributed by atoms with van der Waals surface area (Å²) in [5, 5.41) is 6.85. The minimum atomic E-state index is 0.355. The van der Waals surface area contributed by atoms with Crippen LogP contribution in [-0.2, 0) is 18.0 Å². The lowest BCUT2D eigenvalue weighted by atomic mass is 10.2. The predicted octanol–water partition coefficient (Wildman–Crippen LogP) is 4.10. The first kappa shape index (κ1) is 14.3. The Labute approximate surface area is 131 Å². The molecule has 0 atom stereocenters. The molecular weight excluding hydrogens is 306 g/mol. The van der Waals surface area contributed by atoms with Crippen LogP contribution in [-0.4, -0.2) is 17.0 Å². The number of rotatable bonds is 5. The van der Waals surface area contributed by atoms with Gasteiger partial charge in [0.15, 0.2) is 5.82 Å². The monoisotopic (exact) mass is 319 g/mol. The van der Waals surface area contributed by atoms with Gasteiger partial charge in [-0.1, -0.05) is 29.8 Å². The van der Waals surface area contributed by atoms with Crippen molar-refractivity contribution in [2.24, 2.45) is 0 Å². The molecular formula is C15H14ClN3OS. The Hall–Kier alpha value is -1.69. The zero-order valence-corrected chi connectivity index (χ0v) is 13.0. The molecule has 6 heteroatoms. The van der Waals surface area contributed by atoms with Gasteiger partial charge < -0.3 is 10.1 Å². The fraction of sp³-hybridized carbons (Fsp3) is 0.200. The van der Waals surface area contributed by atoms with Gasteiger partial charge in [0.25, 0.3) is 0 Å². The SMILES string of the molecule is CNc1nc(COCc2ccccc2Cl)nc2sccc12. The summed E-state index contributed by atoms with van der Waals surface area (Å²) >= 11 is 7.69. The molecule has 21 heavy (non-hydrogen) atoms. The Balaban J connectivity index is 1.72. The number of hydrogen-bond acceptors (Lipinski definition) is 5. The van der Waals surface area contributed by atoms with Gasteiger partial charge >= 0.3 is 0 Å². The lowest BCUT2D eigenvalue weighted by Gasteiger charge is -2.07. The third kappa shape index (κ3) is 3.15. The molecule has 1 aromatic carbocycles. The number of benzene rings is 1. The highest BCUT2D eigenvalue weighted by Crippen LogP contribution is 2.25. The van der Waals surface area contributed by atoms with E-state index in [-0.39, 0.29) is 0 Å². The predicted molar refractivity (Wildman–Crippen MR) is 86.9 cm³/mol. The van der Waals surface area contributed by atoms with E-state index in [4.69, 9.17) is 16.3 Å². The minimum Gasteiger partial charge on any atom is -0.372 e. The summed E-state index contributed by atoms with van der Waals surface area (Å²) < 4.78 is 5.68. The van der Waals surface area contributed by atoms with Crippen LogP contribution in [0.25, 0.3) is 10.2 Å². The summed E-state index contributed by atoms with van der Waals surface area (Å²) in [6.45, 7) is 0.800. The van der Waals surface area contributed by atoms with Crippen LogP contribution < -0.4 is 5.32 Å². The van der Waals surface area contributed by atoms with E-state index in [0.29, 0.717) is 24.1 Å². The molecule has 108 valence electrons. The number of thiophene rings is 1. The molecule has 0 spiro atoms. The second-order valence-electron chi connectivity index (χ2n) is 4.46. The van der Waals surface area contributed by atoms with E-state index in [1.807, 2.05) is 42.8 Å². The molecule has 0 aliphatic rings. The van der Waals surface area contributed by atoms with Crippen molar-refractivity contribution < 1.29 is 4.74 Å². The number of nitrogens with one attached hydrogen (secondary N) is 1. The topological polar surface area (TPSA) is 47.0 Å². The molecule has 0 radical (unpaired) electrons. The summed E-state index contributed by atoms with van der Waals surface area (Å²) in [7, 11) is 1.85. The summed E-state index contributed by atoms with van der Waals surface area (Å²) in [6.07, 6.45) is 0. The molecule has 0 aliphatic carbocycles. The van der Waals surface area contributed by atoms with Gasteiger partial charge in [0.05, 0.1) is 12.0 Å². The molecule has 0 amide bonds. The van der Waals surface area contributed by atoms with Crippen LogP contribution in [0.15, 0.2) is 35.7 Å². The third-order valence-electron chi connectivity index (χ3n) is 3.05. The minimum absolute atomic E-state index is 0.355. The van der Waals surface area contributed by atoms with Gasteiger partial charge in [0.1, 0.15) is 17.3 Å². The Morgan fingerprint density at radius 3 is 2.86 bits per heavy atom. The molecule has 3 aromatic rings. The van der Waals surface area contributed by atoms with Crippen molar-refractivity contribution in [3.8, 4) is 0 Å². The van der Waals surface area contributed by atoms with Gasteiger partial charge in [-0.3, -0.25) is 0 Å². The second kappa shape index (κ2) is 6.39. The Kier molecular flexibility index (Phi) is 4.34. The molecule has 2 aromatic heterocycles. The Bertz CT molecular complexity index is 760. The van der Waals surface area contributed by atoms with E-state index in [1.165, 1.54) is 0 Å². The largest absolute Gasteiger partial charge is 0.372 e. The van der Waals surface area contributed by atoms with Crippen molar-refractivity contribution in [2.75, 3.05) is 12.4 Å². The maximum Gasteiger partial charge on any atom is 0.158 e. The number of ether oxygens (including phenoxy) is 1. The molecule has 0 unspecified atom stereocenters. The molecule has 0 saturated carbocycles. The van der Waals surface area contributed by atoms with Crippen molar-refractivity contribution in [3.63, 3.8) is 0 Å². The Morgan fingerprint density at radius 2 is 2.05 bits per heavy atom. The molecule has 0 fully saturated rings. The fourth-order valence-corrected chi connectivity index (χ4v) is 3.00. The second-order valence-corrected chi connectivity index (χ2v) is 5.76. The van der Waals surface area contributed by atoms with Crippen molar-refractivity contribution in [3.05, 3.63) is 52.1 Å². The summed E-state index contributed by atoms with van der Waals surface area (Å²) in [4.78, 5) is 9.94. The zero-order valence-electron chi connectivity index (χ0n) is 11.5. The van der Waals surface area contributed by atoms with E-state index in [9.17, 15) is 0 Å². The van der Waals surface area contributed by atoms with Crippen LogP contribution in [0.5, 0.6) is 0 Å². The van der Waals surface area contributed by atoms with E-state index in [0.717, 1.165) is 21.6 Å². The quantitative estimate of drug-likeness (QED) is 0.769. The molecule has 4 nitrogen and oxygen atoms in total. The smallest absolute Gasteiger partial charge is 0.158 e. The third-order valence-corrected chi connectivity index (χ3v) is 4.23. The standard InChI is InChI=1S/C15H14ClN3OS/c1-17-14-11-6-7-21-15(11)19-13(18-14)9-20-8-10-4-2-3-5-12(10)16/h2-7H,8-9H2,1H3,(H,17,18,19). The molecule has 0 bridgehead atoms. The van der Waals surface area contributed by atoms with Crippen LogP contribution in [0, 0.1) is 0 Å². The molecule has 0 saturated heterocycles. The maximum absolute atomic E-state index is 6.10. The van der Waals surface area contributed by atoms with Gasteiger partial charge in [-0.2, -0.15) is 0 Å². The van der Waals surface area contributed by atoms with Gasteiger partial charge in [-0.05, 0) is 23.1 Å². The number of halogens is 1. The van der Waals surface area contributed by atoms with Crippen molar-refractivity contribution in [1.82, 2.24) is 9.97 Å². The van der Waals surface area contributed by atoms with Crippen LogP contribution in [0.3, 0.4) is 0 Å². The van der Waals surface area contributed by atoms with Crippen LogP contribution in [0.2, 0.25) is 5.02 Å². The lowest BCUT2D eigenvalue weighted by molar-refractivity contribution is 0.102. The zero-order chi connectivity index (χ0) is 14.7. The van der Waals surface area contributed by atoms with E-state index in [2.05, 4.69) is 15.3 Å². The number of anilines is 1. The van der Waals surface area contributed by atoms with Crippen LogP contribution in [0.4, 0.5) is 5.82 Å². The maximum atomic E-state index is 6.10. The van der Waals surface area contributed by atoms with Crippen LogP contribution >= 0.6 is 22.9 Å². The van der Waals surface area contributed by atoms with Gasteiger partial charge in [-0.25, -0.2) is 9.97 Å². The van der Waals surface area contributed by atoms with Crippen LogP contribution in [0.1, 0.15) is 11.4 Å². The van der Waals surface area contributed by atoms with E-state index < -0.39 is 0 Å². The fourth-order valence-electron chi connectivity index (χ4n) is 2.02. The summed E-state index contributed by atoms with van der Waals surface area (Å²) in [5.41, 5.74) is 0.963. The van der Waals surface area contributed by atoms with Gasteiger partial charge in [0.2, 0.25) is 0 Å². The van der Waals surface area contributed by atoms with Crippen molar-refractivity contribution >= 4 is 39.0 Å². The first-order valence-electron chi connectivity index (χ1n) is 6.51. The molecule has 3 rings (SSSR count).